The lowest BCUT2D eigenvalue weighted by Crippen LogP contribution is -2.27. The van der Waals surface area contributed by atoms with Gasteiger partial charge in [-0.2, -0.15) is 0 Å². The second-order valence-electron chi connectivity index (χ2n) is 6.23. The summed E-state index contributed by atoms with van der Waals surface area (Å²) in [7, 11) is -3.38. The van der Waals surface area contributed by atoms with Gasteiger partial charge < -0.3 is 0 Å². The molecular weight excluding hydrogens is 370 g/mol. The zero-order valence-electron chi connectivity index (χ0n) is 14.2. The van der Waals surface area contributed by atoms with Crippen molar-refractivity contribution in [3.63, 3.8) is 0 Å². The van der Waals surface area contributed by atoms with E-state index in [1.165, 1.54) is 0 Å². The predicted molar refractivity (Wildman–Crippen MR) is 102 cm³/mol. The fourth-order valence-electron chi connectivity index (χ4n) is 2.87. The van der Waals surface area contributed by atoms with Gasteiger partial charge >= 0.3 is 0 Å². The lowest BCUT2D eigenvalue weighted by molar-refractivity contribution is -0.119. The Bertz CT molecular complexity index is 908. The highest BCUT2D eigenvalue weighted by Gasteiger charge is 2.36. The van der Waals surface area contributed by atoms with Gasteiger partial charge in [-0.1, -0.05) is 61.2 Å². The standard InChI is InChI=1S/C19H19NO4S2/c1-13(17-18(21)20-19(22)25-17)15-7-9-16(10-8-15)26(23,24)12-11-14-5-3-2-4-6-14/h2-10,13,17H,11-12H2,1H3,(H,20,21,22). The maximum absolute atomic E-state index is 12.5. The molecule has 2 aromatic rings. The topological polar surface area (TPSA) is 80.3 Å². The number of thioether (sulfide) groups is 1. The summed E-state index contributed by atoms with van der Waals surface area (Å²) >= 11 is 0.974. The van der Waals surface area contributed by atoms with Gasteiger partial charge in [0.25, 0.3) is 5.24 Å². The average Bonchev–Trinajstić information content (AvgIpc) is 2.98. The normalized spacial score (nSPS) is 18.6. The second-order valence-corrected chi connectivity index (χ2v) is 9.45. The van der Waals surface area contributed by atoms with Crippen LogP contribution in [0.1, 0.15) is 24.0 Å². The van der Waals surface area contributed by atoms with E-state index in [1.807, 2.05) is 37.3 Å². The molecule has 1 N–H and O–H groups in total. The summed E-state index contributed by atoms with van der Waals surface area (Å²) in [4.78, 5) is 23.4. The van der Waals surface area contributed by atoms with Crippen molar-refractivity contribution in [3.8, 4) is 0 Å². The quantitative estimate of drug-likeness (QED) is 0.821. The summed E-state index contributed by atoms with van der Waals surface area (Å²) in [5.41, 5.74) is 1.81. The first kappa shape index (κ1) is 18.7. The van der Waals surface area contributed by atoms with E-state index in [0.717, 1.165) is 22.9 Å². The van der Waals surface area contributed by atoms with Crippen molar-refractivity contribution in [2.75, 3.05) is 5.75 Å². The van der Waals surface area contributed by atoms with Gasteiger partial charge in [0, 0.05) is 5.92 Å². The molecule has 0 radical (unpaired) electrons. The van der Waals surface area contributed by atoms with Crippen LogP contribution >= 0.6 is 11.8 Å². The molecule has 1 saturated heterocycles. The molecule has 7 heteroatoms. The fraction of sp³-hybridized carbons (Fsp3) is 0.263. The number of rotatable bonds is 6. The van der Waals surface area contributed by atoms with Crippen LogP contribution in [0.2, 0.25) is 0 Å². The molecule has 136 valence electrons. The van der Waals surface area contributed by atoms with E-state index in [1.54, 1.807) is 24.3 Å². The molecule has 1 heterocycles. The van der Waals surface area contributed by atoms with Crippen molar-refractivity contribution in [1.82, 2.24) is 5.32 Å². The van der Waals surface area contributed by atoms with E-state index in [0.29, 0.717) is 6.42 Å². The number of hydrogen-bond acceptors (Lipinski definition) is 5. The van der Waals surface area contributed by atoms with Crippen molar-refractivity contribution in [3.05, 3.63) is 65.7 Å². The zero-order valence-corrected chi connectivity index (χ0v) is 15.8. The van der Waals surface area contributed by atoms with Crippen molar-refractivity contribution in [2.24, 2.45) is 0 Å². The van der Waals surface area contributed by atoms with E-state index in [4.69, 9.17) is 0 Å². The van der Waals surface area contributed by atoms with Crippen LogP contribution in [0.15, 0.2) is 59.5 Å². The van der Waals surface area contributed by atoms with Crippen LogP contribution in [0.25, 0.3) is 0 Å². The van der Waals surface area contributed by atoms with Crippen LogP contribution in [0.5, 0.6) is 0 Å². The van der Waals surface area contributed by atoms with Crippen LogP contribution in [0.4, 0.5) is 4.79 Å². The van der Waals surface area contributed by atoms with Gasteiger partial charge in [0.1, 0.15) is 0 Å². The largest absolute Gasteiger partial charge is 0.286 e. The summed E-state index contributed by atoms with van der Waals surface area (Å²) < 4.78 is 25.1. The first-order chi connectivity index (χ1) is 12.4. The van der Waals surface area contributed by atoms with E-state index >= 15 is 0 Å². The first-order valence-electron chi connectivity index (χ1n) is 8.25. The van der Waals surface area contributed by atoms with Crippen LogP contribution in [0, 0.1) is 0 Å². The molecule has 2 aromatic carbocycles. The summed E-state index contributed by atoms with van der Waals surface area (Å²) in [5, 5.41) is 1.45. The van der Waals surface area contributed by atoms with Gasteiger partial charge in [-0.25, -0.2) is 8.42 Å². The zero-order chi connectivity index (χ0) is 18.7. The van der Waals surface area contributed by atoms with Crippen molar-refractivity contribution < 1.29 is 18.0 Å². The Kier molecular flexibility index (Phi) is 5.48. The molecular formula is C19H19NO4S2. The Morgan fingerprint density at radius 1 is 1.04 bits per heavy atom. The third-order valence-electron chi connectivity index (χ3n) is 4.44. The number of carbonyl (C=O) groups excluding carboxylic acids is 2. The van der Waals surface area contributed by atoms with E-state index in [-0.39, 0.29) is 27.7 Å². The minimum Gasteiger partial charge on any atom is -0.286 e. The van der Waals surface area contributed by atoms with E-state index in [2.05, 4.69) is 5.32 Å². The Morgan fingerprint density at radius 2 is 1.69 bits per heavy atom. The number of aryl methyl sites for hydroxylation is 1. The maximum atomic E-state index is 12.5. The van der Waals surface area contributed by atoms with E-state index in [9.17, 15) is 18.0 Å². The van der Waals surface area contributed by atoms with Crippen LogP contribution in [0.3, 0.4) is 0 Å². The molecule has 2 unspecified atom stereocenters. The van der Waals surface area contributed by atoms with Gasteiger partial charge in [-0.15, -0.1) is 0 Å². The van der Waals surface area contributed by atoms with Crippen molar-refractivity contribution >= 4 is 32.7 Å². The van der Waals surface area contributed by atoms with Crippen molar-refractivity contribution in [2.45, 2.75) is 29.4 Å². The lowest BCUT2D eigenvalue weighted by atomic mass is 9.97. The Balaban J connectivity index is 1.70. The highest BCUT2D eigenvalue weighted by Crippen LogP contribution is 2.33. The minimum atomic E-state index is -3.38. The molecule has 0 aromatic heterocycles. The number of sulfone groups is 1. The maximum Gasteiger partial charge on any atom is 0.286 e. The molecule has 0 saturated carbocycles. The van der Waals surface area contributed by atoms with Gasteiger partial charge in [0.2, 0.25) is 5.91 Å². The summed E-state index contributed by atoms with van der Waals surface area (Å²) in [6.07, 6.45) is 0.461. The van der Waals surface area contributed by atoms with Gasteiger partial charge in [-0.3, -0.25) is 14.9 Å². The first-order valence-corrected chi connectivity index (χ1v) is 10.8. The number of amides is 2. The molecule has 0 spiro atoms. The number of imide groups is 1. The van der Waals surface area contributed by atoms with Crippen molar-refractivity contribution in [1.29, 1.82) is 0 Å². The van der Waals surface area contributed by atoms with Crippen LogP contribution in [-0.2, 0) is 21.1 Å². The van der Waals surface area contributed by atoms with E-state index < -0.39 is 15.1 Å². The van der Waals surface area contributed by atoms with Crippen LogP contribution < -0.4 is 5.32 Å². The molecule has 3 rings (SSSR count). The van der Waals surface area contributed by atoms with Crippen LogP contribution in [-0.4, -0.2) is 30.6 Å². The SMILES string of the molecule is CC(c1ccc(S(=O)(=O)CCc2ccccc2)cc1)C1SC(=O)NC1=O. The molecule has 2 amide bonds. The molecule has 2 atom stereocenters. The third kappa shape index (κ3) is 4.16. The smallest absolute Gasteiger partial charge is 0.286 e. The summed E-state index contributed by atoms with van der Waals surface area (Å²) in [6.45, 7) is 1.86. The Hall–Kier alpha value is -2.12. The molecule has 26 heavy (non-hydrogen) atoms. The highest BCUT2D eigenvalue weighted by molar-refractivity contribution is 8.15. The monoisotopic (exact) mass is 389 g/mol. The number of carbonyl (C=O) groups is 2. The Morgan fingerprint density at radius 3 is 2.27 bits per heavy atom. The molecule has 5 nitrogen and oxygen atoms in total. The molecule has 0 bridgehead atoms. The molecule has 1 aliphatic heterocycles. The molecule has 0 aliphatic carbocycles. The minimum absolute atomic E-state index is 0.0430. The molecule has 1 fully saturated rings. The van der Waals surface area contributed by atoms with Gasteiger partial charge in [-0.05, 0) is 29.7 Å². The number of benzene rings is 2. The summed E-state index contributed by atoms with van der Waals surface area (Å²) in [6, 6.07) is 16.1. The highest BCUT2D eigenvalue weighted by atomic mass is 32.2. The summed E-state index contributed by atoms with van der Waals surface area (Å²) in [5.74, 6) is -0.444. The van der Waals surface area contributed by atoms with Gasteiger partial charge in [0.15, 0.2) is 9.84 Å². The number of nitrogens with one attached hydrogen (secondary N) is 1. The third-order valence-corrected chi connectivity index (χ3v) is 7.36. The lowest BCUT2D eigenvalue weighted by Gasteiger charge is -2.16. The average molecular weight is 389 g/mol. The molecule has 1 aliphatic rings. The Labute approximate surface area is 157 Å². The number of hydrogen-bond donors (Lipinski definition) is 1. The predicted octanol–water partition coefficient (Wildman–Crippen LogP) is 3.16. The van der Waals surface area contributed by atoms with Gasteiger partial charge in [0.05, 0.1) is 15.9 Å². The second kappa shape index (κ2) is 7.63. The fourth-order valence-corrected chi connectivity index (χ4v) is 5.08.